The number of nitro benzene ring substituents is 1. The summed E-state index contributed by atoms with van der Waals surface area (Å²) in [7, 11) is 1.58. The molecule has 1 aliphatic rings. The lowest BCUT2D eigenvalue weighted by Crippen LogP contribution is -2.48. The molecule has 3 rings (SSSR count). The second kappa shape index (κ2) is 11.8. The number of nitrogens with zero attached hydrogens (tertiary/aromatic N) is 2. The minimum atomic E-state index is -0.427. The molecule has 1 atom stereocenters. The molecule has 1 aliphatic heterocycles. The molecule has 0 radical (unpaired) electrons. The van der Waals surface area contributed by atoms with Gasteiger partial charge in [-0.3, -0.25) is 19.8 Å². The second-order valence-corrected chi connectivity index (χ2v) is 8.41. The van der Waals surface area contributed by atoms with Gasteiger partial charge in [0.15, 0.2) is 0 Å². The molecule has 1 unspecified atom stereocenters. The molecule has 1 N–H and O–H groups in total. The minimum absolute atomic E-state index is 0.0475. The van der Waals surface area contributed by atoms with E-state index in [0.717, 1.165) is 36.0 Å². The van der Waals surface area contributed by atoms with Crippen molar-refractivity contribution in [3.8, 4) is 5.75 Å². The fourth-order valence-corrected chi connectivity index (χ4v) is 3.87. The monoisotopic (exact) mass is 503 g/mol. The van der Waals surface area contributed by atoms with Gasteiger partial charge >= 0.3 is 0 Å². The summed E-state index contributed by atoms with van der Waals surface area (Å²) in [5.41, 5.74) is 0.977. The average molecular weight is 504 g/mol. The maximum absolute atomic E-state index is 12.3. The zero-order chi connectivity index (χ0) is 22.9. The fourth-order valence-electron chi connectivity index (χ4n) is 3.45. The summed E-state index contributed by atoms with van der Waals surface area (Å²) in [5.74, 6) is 0.418. The van der Waals surface area contributed by atoms with Gasteiger partial charge in [0.2, 0.25) is 5.91 Å². The maximum atomic E-state index is 12.3. The van der Waals surface area contributed by atoms with Crippen molar-refractivity contribution in [3.63, 3.8) is 0 Å². The number of benzene rings is 2. The number of amides is 1. The maximum Gasteiger partial charge on any atom is 0.269 e. The van der Waals surface area contributed by atoms with Gasteiger partial charge in [-0.15, -0.1) is 0 Å². The number of carbonyl (C=O) groups is 1. The van der Waals surface area contributed by atoms with Crippen LogP contribution in [-0.2, 0) is 9.53 Å². The third-order valence-electron chi connectivity index (χ3n) is 5.17. The van der Waals surface area contributed by atoms with Gasteiger partial charge in [0.1, 0.15) is 18.1 Å². The van der Waals surface area contributed by atoms with Gasteiger partial charge in [-0.1, -0.05) is 28.1 Å². The molecular formula is C23H26BrN3O5. The minimum Gasteiger partial charge on any atom is -0.490 e. The first-order valence-corrected chi connectivity index (χ1v) is 11.1. The van der Waals surface area contributed by atoms with Gasteiger partial charge in [0, 0.05) is 49.4 Å². The lowest BCUT2D eigenvalue weighted by atomic mass is 10.1. The molecular weight excluding hydrogens is 478 g/mol. The molecule has 1 heterocycles. The van der Waals surface area contributed by atoms with Crippen LogP contribution < -0.4 is 10.1 Å². The van der Waals surface area contributed by atoms with Crippen LogP contribution in [-0.4, -0.2) is 54.8 Å². The zero-order valence-corrected chi connectivity index (χ0v) is 19.4. The van der Waals surface area contributed by atoms with Crippen LogP contribution >= 0.6 is 15.9 Å². The van der Waals surface area contributed by atoms with E-state index in [0.29, 0.717) is 12.3 Å². The lowest BCUT2D eigenvalue weighted by Gasteiger charge is -2.34. The molecule has 0 aliphatic carbocycles. The van der Waals surface area contributed by atoms with Crippen molar-refractivity contribution < 1.29 is 19.2 Å². The predicted octanol–water partition coefficient (Wildman–Crippen LogP) is 4.00. The molecule has 0 bridgehead atoms. The number of halogens is 1. The fraction of sp³-hybridized carbons (Fsp3) is 0.348. The van der Waals surface area contributed by atoms with Crippen LogP contribution in [0.2, 0.25) is 0 Å². The number of hydrogen-bond acceptors (Lipinski definition) is 6. The summed E-state index contributed by atoms with van der Waals surface area (Å²) in [4.78, 5) is 24.8. The molecule has 0 spiro atoms. The van der Waals surface area contributed by atoms with Crippen LogP contribution in [0.3, 0.4) is 0 Å². The number of methoxy groups -OCH3 is 1. The van der Waals surface area contributed by atoms with E-state index in [2.05, 4.69) is 26.1 Å². The average Bonchev–Trinajstić information content (AvgIpc) is 2.79. The summed E-state index contributed by atoms with van der Waals surface area (Å²) in [6.45, 7) is 2.19. The summed E-state index contributed by atoms with van der Waals surface area (Å²) in [6, 6.07) is 13.8. The van der Waals surface area contributed by atoms with Crippen LogP contribution in [0.4, 0.5) is 5.69 Å². The van der Waals surface area contributed by atoms with Crippen LogP contribution in [0, 0.1) is 10.1 Å². The predicted molar refractivity (Wildman–Crippen MR) is 125 cm³/mol. The molecule has 0 aromatic heterocycles. The standard InChI is InChI=1S/C23H26BrN3O5/c1-31-23(25-22(28)10-5-17-3-2-4-18(24)15-17)16-26-13-11-21(12-14-26)32-20-8-6-19(7-9-20)27(29)30/h2-10,15,21,23H,11-14,16H2,1H3,(H,25,28)/b10-5+. The number of hydrogen-bond donors (Lipinski definition) is 1. The Balaban J connectivity index is 1.42. The van der Waals surface area contributed by atoms with E-state index in [1.54, 1.807) is 25.3 Å². The van der Waals surface area contributed by atoms with Crippen molar-refractivity contribution in [3.05, 3.63) is 74.8 Å². The first-order chi connectivity index (χ1) is 15.4. The summed E-state index contributed by atoms with van der Waals surface area (Å²) in [6.07, 6.45) is 4.54. The van der Waals surface area contributed by atoms with Gasteiger partial charge in [0.05, 0.1) is 4.92 Å². The molecule has 1 saturated heterocycles. The van der Waals surface area contributed by atoms with Crippen LogP contribution in [0.5, 0.6) is 5.75 Å². The van der Waals surface area contributed by atoms with Gasteiger partial charge in [-0.05, 0) is 48.7 Å². The number of ether oxygens (including phenoxy) is 2. The van der Waals surface area contributed by atoms with E-state index in [1.807, 2.05) is 24.3 Å². The number of rotatable bonds is 9. The highest BCUT2D eigenvalue weighted by atomic mass is 79.9. The Bertz CT molecular complexity index is 943. The molecule has 1 fully saturated rings. The van der Waals surface area contributed by atoms with Crippen molar-refractivity contribution in [2.45, 2.75) is 25.2 Å². The zero-order valence-electron chi connectivity index (χ0n) is 17.8. The van der Waals surface area contributed by atoms with Crippen molar-refractivity contribution in [2.24, 2.45) is 0 Å². The molecule has 2 aromatic carbocycles. The number of piperidine rings is 1. The normalized spacial score (nSPS) is 16.1. The molecule has 0 saturated carbocycles. The molecule has 1 amide bonds. The number of likely N-dealkylation sites (tertiary alicyclic amines) is 1. The summed E-state index contributed by atoms with van der Waals surface area (Å²) in [5, 5.41) is 13.6. The second-order valence-electron chi connectivity index (χ2n) is 7.49. The van der Waals surface area contributed by atoms with E-state index < -0.39 is 11.2 Å². The van der Waals surface area contributed by atoms with Gasteiger partial charge < -0.3 is 14.8 Å². The number of nitro groups is 1. The molecule has 2 aromatic rings. The van der Waals surface area contributed by atoms with E-state index in [4.69, 9.17) is 9.47 Å². The van der Waals surface area contributed by atoms with Gasteiger partial charge in [0.25, 0.3) is 5.69 Å². The van der Waals surface area contributed by atoms with Crippen LogP contribution in [0.15, 0.2) is 59.1 Å². The van der Waals surface area contributed by atoms with Crippen molar-refractivity contribution >= 4 is 33.6 Å². The third-order valence-corrected chi connectivity index (χ3v) is 5.67. The Kier molecular flexibility index (Phi) is 8.78. The Morgan fingerprint density at radius 1 is 1.28 bits per heavy atom. The van der Waals surface area contributed by atoms with Crippen molar-refractivity contribution in [1.82, 2.24) is 10.2 Å². The van der Waals surface area contributed by atoms with E-state index in [-0.39, 0.29) is 17.7 Å². The highest BCUT2D eigenvalue weighted by Crippen LogP contribution is 2.22. The first-order valence-electron chi connectivity index (χ1n) is 10.3. The SMILES string of the molecule is COC(CN1CCC(Oc2ccc([N+](=O)[O-])cc2)CC1)NC(=O)/C=C/c1cccc(Br)c1. The lowest BCUT2D eigenvalue weighted by molar-refractivity contribution is -0.384. The number of non-ortho nitro benzene ring substituents is 1. The van der Waals surface area contributed by atoms with Gasteiger partial charge in [-0.2, -0.15) is 0 Å². The Morgan fingerprint density at radius 2 is 2.00 bits per heavy atom. The molecule has 170 valence electrons. The Labute approximate surface area is 195 Å². The third kappa shape index (κ3) is 7.44. The number of nitrogens with one attached hydrogen (secondary N) is 1. The summed E-state index contributed by atoms with van der Waals surface area (Å²) < 4.78 is 12.4. The smallest absolute Gasteiger partial charge is 0.269 e. The Morgan fingerprint density at radius 3 is 2.62 bits per heavy atom. The molecule has 9 heteroatoms. The van der Waals surface area contributed by atoms with Crippen LogP contribution in [0.25, 0.3) is 6.08 Å². The van der Waals surface area contributed by atoms with Crippen LogP contribution in [0.1, 0.15) is 18.4 Å². The highest BCUT2D eigenvalue weighted by molar-refractivity contribution is 9.10. The highest BCUT2D eigenvalue weighted by Gasteiger charge is 2.23. The summed E-state index contributed by atoms with van der Waals surface area (Å²) >= 11 is 3.41. The van der Waals surface area contributed by atoms with Gasteiger partial charge in [-0.25, -0.2) is 0 Å². The van der Waals surface area contributed by atoms with E-state index in [1.165, 1.54) is 18.2 Å². The van der Waals surface area contributed by atoms with Crippen molar-refractivity contribution in [2.75, 3.05) is 26.7 Å². The van der Waals surface area contributed by atoms with Crippen molar-refractivity contribution in [1.29, 1.82) is 0 Å². The number of carbonyl (C=O) groups excluding carboxylic acids is 1. The molecule has 32 heavy (non-hydrogen) atoms. The largest absolute Gasteiger partial charge is 0.490 e. The Hall–Kier alpha value is -2.75. The van der Waals surface area contributed by atoms with E-state index >= 15 is 0 Å². The van der Waals surface area contributed by atoms with E-state index in [9.17, 15) is 14.9 Å². The quantitative estimate of drug-likeness (QED) is 0.240. The first kappa shape index (κ1) is 23.9. The molecule has 8 nitrogen and oxygen atoms in total. The topological polar surface area (TPSA) is 93.9 Å².